The predicted molar refractivity (Wildman–Crippen MR) is 107 cm³/mol. The lowest BCUT2D eigenvalue weighted by Gasteiger charge is -2.09. The summed E-state index contributed by atoms with van der Waals surface area (Å²) in [5.74, 6) is -0.0658. The first kappa shape index (κ1) is 19.5. The van der Waals surface area contributed by atoms with Crippen LogP contribution in [0.25, 0.3) is 0 Å². The molecule has 0 fully saturated rings. The number of nitrogens with zero attached hydrogens (tertiary/aromatic N) is 2. The summed E-state index contributed by atoms with van der Waals surface area (Å²) in [7, 11) is 1.93. The fourth-order valence-corrected chi connectivity index (χ4v) is 3.06. The van der Waals surface area contributed by atoms with Gasteiger partial charge in [0, 0.05) is 30.0 Å². The van der Waals surface area contributed by atoms with Gasteiger partial charge in [-0.1, -0.05) is 30.0 Å². The topological polar surface area (TPSA) is 85.3 Å². The lowest BCUT2D eigenvalue weighted by atomic mass is 10.3. The summed E-state index contributed by atoms with van der Waals surface area (Å²) < 4.78 is 7.27. The Kier molecular flexibility index (Phi) is 6.69. The van der Waals surface area contributed by atoms with Gasteiger partial charge in [-0.25, -0.2) is 4.98 Å². The molecule has 1 aromatic heterocycles. The van der Waals surface area contributed by atoms with Crippen molar-refractivity contribution in [2.45, 2.75) is 10.1 Å². The molecule has 0 saturated carbocycles. The average Bonchev–Trinajstić information content (AvgIpc) is 3.11. The summed E-state index contributed by atoms with van der Waals surface area (Å²) in [5.41, 5.74) is 0.656. The number of benzene rings is 2. The highest BCUT2D eigenvalue weighted by atomic mass is 32.2. The third-order valence-electron chi connectivity index (χ3n) is 3.68. The molecule has 8 heteroatoms. The fourth-order valence-electron chi connectivity index (χ4n) is 2.26. The molecule has 144 valence electrons. The van der Waals surface area contributed by atoms with Crippen LogP contribution < -0.4 is 15.4 Å². The minimum Gasteiger partial charge on any atom is -0.484 e. The van der Waals surface area contributed by atoms with E-state index < -0.39 is 0 Å². The Labute approximate surface area is 167 Å². The molecule has 3 rings (SSSR count). The highest BCUT2D eigenvalue weighted by Gasteiger charge is 2.08. The van der Waals surface area contributed by atoms with Crippen molar-refractivity contribution in [3.63, 3.8) is 0 Å². The smallest absolute Gasteiger partial charge is 0.258 e. The van der Waals surface area contributed by atoms with Crippen molar-refractivity contribution in [2.24, 2.45) is 7.05 Å². The Hall–Kier alpha value is -3.26. The Bertz CT molecular complexity index is 926. The van der Waals surface area contributed by atoms with Crippen molar-refractivity contribution < 1.29 is 14.3 Å². The molecule has 0 unspecified atom stereocenters. The maximum Gasteiger partial charge on any atom is 0.258 e. The minimum atomic E-state index is -0.360. The van der Waals surface area contributed by atoms with Crippen molar-refractivity contribution in [1.29, 1.82) is 0 Å². The Morgan fingerprint density at radius 2 is 1.82 bits per heavy atom. The number of aryl methyl sites for hydroxylation is 1. The molecule has 2 N–H and O–H groups in total. The summed E-state index contributed by atoms with van der Waals surface area (Å²) in [6.07, 6.45) is 3.63. The summed E-state index contributed by atoms with van der Waals surface area (Å²) in [6, 6.07) is 16.4. The van der Waals surface area contributed by atoms with E-state index in [1.165, 1.54) is 11.8 Å². The molecule has 0 radical (unpaired) electrons. The number of hydrogen-bond acceptors (Lipinski definition) is 5. The quantitative estimate of drug-likeness (QED) is 0.612. The highest BCUT2D eigenvalue weighted by molar-refractivity contribution is 7.99. The van der Waals surface area contributed by atoms with Gasteiger partial charge in [-0.05, 0) is 36.4 Å². The summed E-state index contributed by atoms with van der Waals surface area (Å²) in [4.78, 5) is 29.0. The fraction of sp³-hybridized carbons (Fsp3) is 0.150. The largest absolute Gasteiger partial charge is 0.484 e. The third-order valence-corrected chi connectivity index (χ3v) is 4.77. The van der Waals surface area contributed by atoms with Crippen LogP contribution in [0.15, 0.2) is 77.0 Å². The molecule has 0 aliphatic heterocycles. The van der Waals surface area contributed by atoms with Crippen molar-refractivity contribution in [3.8, 4) is 5.75 Å². The molecule has 0 atom stereocenters. The Balaban J connectivity index is 1.40. The zero-order valence-corrected chi connectivity index (χ0v) is 16.1. The summed E-state index contributed by atoms with van der Waals surface area (Å²) >= 11 is 1.53. The van der Waals surface area contributed by atoms with Gasteiger partial charge in [0.2, 0.25) is 5.91 Å². The molecular formula is C20H20N4O3S. The molecule has 1 heterocycles. The second-order valence-corrected chi connectivity index (χ2v) is 6.91. The first-order valence-electron chi connectivity index (χ1n) is 8.60. The molecule has 0 spiro atoms. The van der Waals surface area contributed by atoms with E-state index in [0.717, 1.165) is 10.1 Å². The van der Waals surface area contributed by atoms with Gasteiger partial charge in [0.15, 0.2) is 11.8 Å². The molecular weight excluding hydrogens is 376 g/mol. The first-order valence-corrected chi connectivity index (χ1v) is 9.41. The molecule has 3 aromatic rings. The van der Waals surface area contributed by atoms with E-state index in [0.29, 0.717) is 11.4 Å². The van der Waals surface area contributed by atoms with Crippen molar-refractivity contribution in [1.82, 2.24) is 14.9 Å². The molecule has 28 heavy (non-hydrogen) atoms. The number of hydrogen-bond donors (Lipinski definition) is 2. The number of ether oxygens (including phenoxy) is 1. The molecule has 7 nitrogen and oxygen atoms in total. The van der Waals surface area contributed by atoms with Crippen molar-refractivity contribution in [2.75, 3.05) is 18.5 Å². The zero-order valence-electron chi connectivity index (χ0n) is 15.3. The maximum absolute atomic E-state index is 12.0. The lowest BCUT2D eigenvalue weighted by Crippen LogP contribution is -2.35. The van der Waals surface area contributed by atoms with Crippen LogP contribution in [0.1, 0.15) is 0 Å². The van der Waals surface area contributed by atoms with Gasteiger partial charge >= 0.3 is 0 Å². The molecule has 2 aromatic carbocycles. The zero-order chi connectivity index (χ0) is 19.8. The Morgan fingerprint density at radius 1 is 1.07 bits per heavy atom. The first-order chi connectivity index (χ1) is 13.6. The summed E-state index contributed by atoms with van der Waals surface area (Å²) in [6.45, 7) is -0.267. The summed E-state index contributed by atoms with van der Waals surface area (Å²) in [5, 5.41) is 6.16. The highest BCUT2D eigenvalue weighted by Crippen LogP contribution is 2.26. The van der Waals surface area contributed by atoms with Crippen LogP contribution in [-0.2, 0) is 16.6 Å². The van der Waals surface area contributed by atoms with E-state index >= 15 is 0 Å². The van der Waals surface area contributed by atoms with E-state index in [1.54, 1.807) is 18.3 Å². The second-order valence-electron chi connectivity index (χ2n) is 5.87. The number of amides is 2. The van der Waals surface area contributed by atoms with Gasteiger partial charge in [-0.15, -0.1) is 0 Å². The van der Waals surface area contributed by atoms with E-state index in [1.807, 2.05) is 60.3 Å². The van der Waals surface area contributed by atoms with E-state index in [2.05, 4.69) is 15.6 Å². The monoisotopic (exact) mass is 396 g/mol. The molecule has 0 saturated heterocycles. The Morgan fingerprint density at radius 3 is 2.50 bits per heavy atom. The van der Waals surface area contributed by atoms with Crippen LogP contribution in [0.5, 0.6) is 5.75 Å². The van der Waals surface area contributed by atoms with E-state index in [-0.39, 0.29) is 25.0 Å². The maximum atomic E-state index is 12.0. The van der Waals surface area contributed by atoms with E-state index in [9.17, 15) is 9.59 Å². The number of imidazole rings is 1. The molecule has 0 aliphatic rings. The number of nitrogens with one attached hydrogen (secondary N) is 2. The van der Waals surface area contributed by atoms with Gasteiger partial charge in [0.05, 0.1) is 6.54 Å². The number of para-hydroxylation sites is 1. The van der Waals surface area contributed by atoms with Gasteiger partial charge in [-0.3, -0.25) is 9.59 Å². The number of carbonyl (C=O) groups excluding carboxylic acids is 2. The number of carbonyl (C=O) groups is 2. The van der Waals surface area contributed by atoms with Gasteiger partial charge in [0.25, 0.3) is 5.91 Å². The normalized spacial score (nSPS) is 10.3. The van der Waals surface area contributed by atoms with Gasteiger partial charge in [0.1, 0.15) is 5.75 Å². The van der Waals surface area contributed by atoms with Crippen LogP contribution >= 0.6 is 11.8 Å². The standard InChI is InChI=1S/C20H20N4O3S/c1-24-12-11-21-20(24)28-17-9-7-15(8-10-17)23-18(25)13-22-19(26)14-27-16-5-3-2-4-6-16/h2-12H,13-14H2,1H3,(H,22,26)(H,23,25). The SMILES string of the molecule is Cn1ccnc1Sc1ccc(NC(=O)CNC(=O)COc2ccccc2)cc1. The third kappa shape index (κ3) is 5.88. The lowest BCUT2D eigenvalue weighted by molar-refractivity contribution is -0.125. The number of aromatic nitrogens is 2. The van der Waals surface area contributed by atoms with Gasteiger partial charge in [-0.2, -0.15) is 0 Å². The molecule has 2 amide bonds. The molecule has 0 aliphatic carbocycles. The van der Waals surface area contributed by atoms with Gasteiger partial charge < -0.3 is 19.9 Å². The van der Waals surface area contributed by atoms with Crippen LogP contribution in [-0.4, -0.2) is 34.5 Å². The van der Waals surface area contributed by atoms with E-state index in [4.69, 9.17) is 4.74 Å². The second kappa shape index (κ2) is 9.61. The minimum absolute atomic E-state index is 0.124. The number of rotatable bonds is 8. The van der Waals surface area contributed by atoms with Crippen molar-refractivity contribution >= 4 is 29.3 Å². The van der Waals surface area contributed by atoms with Crippen LogP contribution in [0.3, 0.4) is 0 Å². The van der Waals surface area contributed by atoms with Crippen molar-refractivity contribution in [3.05, 3.63) is 67.0 Å². The van der Waals surface area contributed by atoms with Crippen LogP contribution in [0.2, 0.25) is 0 Å². The number of anilines is 1. The van der Waals surface area contributed by atoms with Crippen LogP contribution in [0, 0.1) is 0 Å². The molecule has 0 bridgehead atoms. The average molecular weight is 396 g/mol. The predicted octanol–water partition coefficient (Wildman–Crippen LogP) is 2.71. The van der Waals surface area contributed by atoms with Crippen LogP contribution in [0.4, 0.5) is 5.69 Å².